The van der Waals surface area contributed by atoms with Gasteiger partial charge in [-0.15, -0.1) is 0 Å². The van der Waals surface area contributed by atoms with Crippen molar-refractivity contribution in [3.63, 3.8) is 0 Å². The Morgan fingerprint density at radius 3 is 3.00 bits per heavy atom. The predicted molar refractivity (Wildman–Crippen MR) is 41.7 cm³/mol. The van der Waals surface area contributed by atoms with E-state index < -0.39 is 5.97 Å². The summed E-state index contributed by atoms with van der Waals surface area (Å²) in [5, 5.41) is 10.4. The van der Waals surface area contributed by atoms with Gasteiger partial charge in [0.05, 0.1) is 23.6 Å². The molecule has 0 aromatic carbocycles. The molecule has 2 aliphatic heterocycles. The average Bonchev–Trinajstić information content (AvgIpc) is 2.49. The normalized spacial score (nSPS) is 18.0. The van der Waals surface area contributed by atoms with Crippen LogP contribution in [0.4, 0.5) is 0 Å². The molecule has 0 unspecified atom stereocenters. The van der Waals surface area contributed by atoms with Gasteiger partial charge in [-0.05, 0) is 11.6 Å². The Hall–Kier alpha value is -0.710. The van der Waals surface area contributed by atoms with Crippen LogP contribution in [0.5, 0.6) is 0 Å². The molecule has 0 atom stereocenters. The van der Waals surface area contributed by atoms with Gasteiger partial charge in [0, 0.05) is 12.6 Å². The van der Waals surface area contributed by atoms with Gasteiger partial charge in [-0.25, -0.2) is 0 Å². The first kappa shape index (κ1) is 10.4. The fraction of sp³-hybridized carbons (Fsp3) is 0.125. The number of carboxylic acid groups (broad SMARTS) is 1. The Morgan fingerprint density at radius 2 is 2.31 bits per heavy atom. The number of rotatable bonds is 1. The van der Waals surface area contributed by atoms with Crippen LogP contribution in [0.1, 0.15) is 6.42 Å². The molecular formula is C8H5N2NaO2. The summed E-state index contributed by atoms with van der Waals surface area (Å²) >= 11 is 0. The number of nitrogens with zero attached hydrogens (tertiary/aromatic N) is 2. The topological polar surface area (TPSA) is 64.8 Å². The van der Waals surface area contributed by atoms with Crippen LogP contribution in [-0.4, -0.2) is 17.9 Å². The van der Waals surface area contributed by atoms with Crippen molar-refractivity contribution in [2.45, 2.75) is 6.42 Å². The molecule has 0 radical (unpaired) electrons. The van der Waals surface area contributed by atoms with Crippen molar-refractivity contribution in [1.29, 1.82) is 0 Å². The van der Waals surface area contributed by atoms with E-state index in [1.54, 1.807) is 12.3 Å². The van der Waals surface area contributed by atoms with Crippen molar-refractivity contribution in [3.8, 4) is 0 Å². The van der Waals surface area contributed by atoms with Gasteiger partial charge in [-0.2, -0.15) is 0 Å². The Morgan fingerprint density at radius 1 is 1.54 bits per heavy atom. The molecule has 0 aromatic heterocycles. The molecule has 2 aliphatic rings. The largest absolute Gasteiger partial charge is 1.00 e. The molecule has 60 valence electrons. The third-order valence-electron chi connectivity index (χ3n) is 1.75. The van der Waals surface area contributed by atoms with Crippen LogP contribution >= 0.6 is 0 Å². The number of hydrogen-bond acceptors (Lipinski definition) is 4. The maximum atomic E-state index is 10.4. The van der Waals surface area contributed by atoms with E-state index in [-0.39, 0.29) is 35.3 Å². The third-order valence-corrected chi connectivity index (χ3v) is 1.75. The van der Waals surface area contributed by atoms with Gasteiger partial charge < -0.3 is 9.90 Å². The Balaban J connectivity index is 0.000000845. The molecule has 0 aliphatic carbocycles. The SMILES string of the molecule is O=C([O-])C1=NC=C2N=CC=C2C1.[Na+]. The van der Waals surface area contributed by atoms with Gasteiger partial charge in [0.2, 0.25) is 0 Å². The van der Waals surface area contributed by atoms with Crippen LogP contribution in [-0.2, 0) is 4.79 Å². The monoisotopic (exact) mass is 184 g/mol. The first-order valence-electron chi connectivity index (χ1n) is 3.49. The summed E-state index contributed by atoms with van der Waals surface area (Å²) in [5.74, 6) is -1.21. The van der Waals surface area contributed by atoms with Gasteiger partial charge in [0.1, 0.15) is 0 Å². The van der Waals surface area contributed by atoms with Crippen LogP contribution in [0.3, 0.4) is 0 Å². The Labute approximate surface area is 97.1 Å². The minimum Gasteiger partial charge on any atom is -0.543 e. The summed E-state index contributed by atoms with van der Waals surface area (Å²) in [7, 11) is 0. The van der Waals surface area contributed by atoms with Crippen molar-refractivity contribution in [3.05, 3.63) is 23.5 Å². The standard InChI is InChI=1S/C8H6N2O2.Na/c11-8(12)6-3-5-1-2-9-7(5)4-10-6;/h1-2,4H,3H2,(H,11,12);/q;+1/p-1. The first-order valence-corrected chi connectivity index (χ1v) is 3.49. The van der Waals surface area contributed by atoms with Gasteiger partial charge in [0.15, 0.2) is 0 Å². The number of carboxylic acids is 1. The van der Waals surface area contributed by atoms with Crippen molar-refractivity contribution < 1.29 is 39.5 Å². The van der Waals surface area contributed by atoms with Gasteiger partial charge >= 0.3 is 29.6 Å². The number of aliphatic imine (C=N–C) groups is 2. The molecule has 4 nitrogen and oxygen atoms in total. The maximum Gasteiger partial charge on any atom is 1.00 e. The number of hydrogen-bond donors (Lipinski definition) is 0. The molecule has 0 bridgehead atoms. The van der Waals surface area contributed by atoms with E-state index in [0.29, 0.717) is 6.42 Å². The Kier molecular flexibility index (Phi) is 3.19. The summed E-state index contributed by atoms with van der Waals surface area (Å²) in [5.41, 5.74) is 1.71. The van der Waals surface area contributed by atoms with E-state index in [1.165, 1.54) is 6.20 Å². The third kappa shape index (κ3) is 1.96. The molecule has 0 N–H and O–H groups in total. The molecule has 0 fully saturated rings. The number of carbonyl (C=O) groups excluding carboxylic acids is 1. The van der Waals surface area contributed by atoms with Crippen molar-refractivity contribution in [2.75, 3.05) is 0 Å². The molecule has 0 saturated heterocycles. The molecule has 13 heavy (non-hydrogen) atoms. The molecule has 0 spiro atoms. The molecule has 0 aromatic rings. The van der Waals surface area contributed by atoms with Crippen molar-refractivity contribution in [1.82, 2.24) is 0 Å². The second-order valence-corrected chi connectivity index (χ2v) is 2.52. The maximum absolute atomic E-state index is 10.4. The summed E-state index contributed by atoms with van der Waals surface area (Å²) < 4.78 is 0. The zero-order valence-electron chi connectivity index (χ0n) is 7.15. The average molecular weight is 184 g/mol. The number of aliphatic carboxylic acids is 1. The van der Waals surface area contributed by atoms with Crippen LogP contribution < -0.4 is 34.7 Å². The smallest absolute Gasteiger partial charge is 0.543 e. The van der Waals surface area contributed by atoms with Crippen LogP contribution in [0, 0.1) is 0 Å². The van der Waals surface area contributed by atoms with E-state index in [2.05, 4.69) is 9.98 Å². The molecule has 0 saturated carbocycles. The predicted octanol–water partition coefficient (Wildman–Crippen LogP) is -3.56. The van der Waals surface area contributed by atoms with Crippen molar-refractivity contribution >= 4 is 17.9 Å². The minimum atomic E-state index is -1.21. The van der Waals surface area contributed by atoms with E-state index >= 15 is 0 Å². The second-order valence-electron chi connectivity index (χ2n) is 2.52. The zero-order chi connectivity index (χ0) is 8.55. The molecule has 2 heterocycles. The molecular weight excluding hydrogens is 179 g/mol. The number of fused-ring (bicyclic) bond motifs is 1. The summed E-state index contributed by atoms with van der Waals surface area (Å²) in [6.45, 7) is 0. The minimum absolute atomic E-state index is 0. The van der Waals surface area contributed by atoms with E-state index in [9.17, 15) is 9.90 Å². The van der Waals surface area contributed by atoms with E-state index in [4.69, 9.17) is 0 Å². The van der Waals surface area contributed by atoms with Crippen LogP contribution in [0.15, 0.2) is 33.5 Å². The van der Waals surface area contributed by atoms with E-state index in [1.807, 2.05) is 0 Å². The molecule has 2 rings (SSSR count). The number of allylic oxidation sites excluding steroid dienone is 2. The quantitative estimate of drug-likeness (QED) is 0.396. The molecule has 5 heteroatoms. The second kappa shape index (κ2) is 4.00. The summed E-state index contributed by atoms with van der Waals surface area (Å²) in [6, 6.07) is 0. The zero-order valence-corrected chi connectivity index (χ0v) is 9.15. The molecule has 0 amide bonds. The van der Waals surface area contributed by atoms with Crippen LogP contribution in [0.2, 0.25) is 0 Å². The van der Waals surface area contributed by atoms with Gasteiger partial charge in [-0.1, -0.05) is 0 Å². The van der Waals surface area contributed by atoms with Gasteiger partial charge in [-0.3, -0.25) is 9.98 Å². The fourth-order valence-electron chi connectivity index (χ4n) is 1.13. The summed E-state index contributed by atoms with van der Waals surface area (Å²) in [4.78, 5) is 18.1. The van der Waals surface area contributed by atoms with E-state index in [0.717, 1.165) is 11.3 Å². The fourth-order valence-corrected chi connectivity index (χ4v) is 1.13. The summed E-state index contributed by atoms with van der Waals surface area (Å²) in [6.07, 6.45) is 5.18. The first-order chi connectivity index (χ1) is 5.77. The van der Waals surface area contributed by atoms with Crippen LogP contribution in [0.25, 0.3) is 0 Å². The van der Waals surface area contributed by atoms with Gasteiger partial charge in [0.25, 0.3) is 0 Å². The number of carbonyl (C=O) groups is 1. The Bertz CT molecular complexity index is 366. The van der Waals surface area contributed by atoms with Crippen molar-refractivity contribution in [2.24, 2.45) is 9.98 Å².